The minimum atomic E-state index is -0.816. The first kappa shape index (κ1) is 11.7. The van der Waals surface area contributed by atoms with Crippen LogP contribution in [0, 0.1) is 0 Å². The number of rotatable bonds is 1. The second-order valence-corrected chi connectivity index (χ2v) is 5.18. The maximum absolute atomic E-state index is 12.2. The summed E-state index contributed by atoms with van der Waals surface area (Å²) in [6.45, 7) is 0.439. The van der Waals surface area contributed by atoms with E-state index in [2.05, 4.69) is 0 Å². The zero-order valence-electron chi connectivity index (χ0n) is 10.2. The molecule has 1 fully saturated rings. The molecule has 1 aromatic rings. The zero-order valence-corrected chi connectivity index (χ0v) is 10.2. The molecule has 1 heterocycles. The van der Waals surface area contributed by atoms with Gasteiger partial charge in [-0.05, 0) is 42.5 Å². The Morgan fingerprint density at radius 1 is 1.11 bits per heavy atom. The average molecular weight is 247 g/mol. The quantitative estimate of drug-likeness (QED) is 0.753. The van der Waals surface area contributed by atoms with Crippen LogP contribution in [0.1, 0.15) is 27.9 Å². The number of hydrogen-bond donors (Lipinski definition) is 2. The maximum Gasteiger partial charge on any atom is 0.254 e. The average Bonchev–Trinajstić information content (AvgIpc) is 2.95. The van der Waals surface area contributed by atoms with Crippen LogP contribution in [0.2, 0.25) is 0 Å². The van der Waals surface area contributed by atoms with E-state index in [-0.39, 0.29) is 19.0 Å². The SMILES string of the molecule is O=C(c1ccc2c(c1)CCC2)N1CC(O)C(O)C1. The summed E-state index contributed by atoms with van der Waals surface area (Å²) in [4.78, 5) is 13.8. The van der Waals surface area contributed by atoms with E-state index in [4.69, 9.17) is 0 Å². The largest absolute Gasteiger partial charge is 0.388 e. The lowest BCUT2D eigenvalue weighted by Gasteiger charge is -2.16. The molecule has 1 amide bonds. The van der Waals surface area contributed by atoms with Crippen LogP contribution in [0.5, 0.6) is 0 Å². The van der Waals surface area contributed by atoms with E-state index in [1.807, 2.05) is 18.2 Å². The molecule has 96 valence electrons. The smallest absolute Gasteiger partial charge is 0.254 e. The van der Waals surface area contributed by atoms with Gasteiger partial charge in [0.15, 0.2) is 0 Å². The molecular formula is C14H17NO3. The van der Waals surface area contributed by atoms with Crippen LogP contribution >= 0.6 is 0 Å². The van der Waals surface area contributed by atoms with Gasteiger partial charge in [0.1, 0.15) is 0 Å². The molecule has 0 saturated carbocycles. The van der Waals surface area contributed by atoms with Crippen molar-refractivity contribution in [1.29, 1.82) is 0 Å². The van der Waals surface area contributed by atoms with Crippen LogP contribution in [-0.2, 0) is 12.8 Å². The topological polar surface area (TPSA) is 60.8 Å². The molecule has 2 aliphatic rings. The van der Waals surface area contributed by atoms with E-state index in [9.17, 15) is 15.0 Å². The van der Waals surface area contributed by atoms with Crippen molar-refractivity contribution >= 4 is 5.91 Å². The highest BCUT2D eigenvalue weighted by Gasteiger charge is 2.33. The third-order valence-corrected chi connectivity index (χ3v) is 3.89. The number of hydrogen-bond acceptors (Lipinski definition) is 3. The molecule has 2 unspecified atom stereocenters. The highest BCUT2D eigenvalue weighted by atomic mass is 16.3. The third kappa shape index (κ3) is 1.91. The minimum absolute atomic E-state index is 0.0969. The summed E-state index contributed by atoms with van der Waals surface area (Å²) in [6, 6.07) is 5.84. The van der Waals surface area contributed by atoms with E-state index in [1.54, 1.807) is 0 Å². The van der Waals surface area contributed by atoms with Crippen molar-refractivity contribution < 1.29 is 15.0 Å². The maximum atomic E-state index is 12.2. The van der Waals surface area contributed by atoms with Crippen LogP contribution in [0.15, 0.2) is 18.2 Å². The fourth-order valence-corrected chi connectivity index (χ4v) is 2.82. The van der Waals surface area contributed by atoms with Crippen LogP contribution in [0.25, 0.3) is 0 Å². The number of benzene rings is 1. The van der Waals surface area contributed by atoms with Crippen molar-refractivity contribution in [2.75, 3.05) is 13.1 Å². The number of carbonyl (C=O) groups excluding carboxylic acids is 1. The second-order valence-electron chi connectivity index (χ2n) is 5.18. The highest BCUT2D eigenvalue weighted by molar-refractivity contribution is 5.94. The molecule has 4 heteroatoms. The van der Waals surface area contributed by atoms with Crippen molar-refractivity contribution in [2.24, 2.45) is 0 Å². The number of fused-ring (bicyclic) bond motifs is 1. The number of nitrogens with zero attached hydrogens (tertiary/aromatic N) is 1. The summed E-state index contributed by atoms with van der Waals surface area (Å²) >= 11 is 0. The van der Waals surface area contributed by atoms with Gasteiger partial charge in [-0.1, -0.05) is 6.07 Å². The molecule has 1 aliphatic carbocycles. The van der Waals surface area contributed by atoms with Crippen LogP contribution in [0.3, 0.4) is 0 Å². The number of aliphatic hydroxyl groups excluding tert-OH is 2. The van der Waals surface area contributed by atoms with Crippen LogP contribution < -0.4 is 0 Å². The third-order valence-electron chi connectivity index (χ3n) is 3.89. The number of aryl methyl sites for hydroxylation is 2. The summed E-state index contributed by atoms with van der Waals surface area (Å²) in [5.74, 6) is -0.0969. The summed E-state index contributed by atoms with van der Waals surface area (Å²) in [6.07, 6.45) is 1.67. The van der Waals surface area contributed by atoms with Crippen LogP contribution in [0.4, 0.5) is 0 Å². The van der Waals surface area contributed by atoms with Crippen molar-refractivity contribution in [3.63, 3.8) is 0 Å². The summed E-state index contributed by atoms with van der Waals surface area (Å²) < 4.78 is 0. The van der Waals surface area contributed by atoms with Gasteiger partial charge in [0, 0.05) is 18.7 Å². The molecule has 4 nitrogen and oxygen atoms in total. The molecule has 3 rings (SSSR count). The number of β-amino-alcohol motifs (C(OH)–C–C–N with tert-alkyl or cyclic N) is 2. The minimum Gasteiger partial charge on any atom is -0.388 e. The lowest BCUT2D eigenvalue weighted by atomic mass is 10.1. The fraction of sp³-hybridized carbons (Fsp3) is 0.500. The molecule has 1 aromatic carbocycles. The van der Waals surface area contributed by atoms with E-state index < -0.39 is 12.2 Å². The van der Waals surface area contributed by atoms with Crippen molar-refractivity contribution in [3.05, 3.63) is 34.9 Å². The van der Waals surface area contributed by atoms with Gasteiger partial charge in [-0.3, -0.25) is 4.79 Å². The van der Waals surface area contributed by atoms with Crippen LogP contribution in [-0.4, -0.2) is 46.3 Å². The second kappa shape index (κ2) is 4.37. The Kier molecular flexibility index (Phi) is 2.84. The Hall–Kier alpha value is -1.39. The van der Waals surface area contributed by atoms with Gasteiger partial charge in [-0.2, -0.15) is 0 Å². The van der Waals surface area contributed by atoms with Gasteiger partial charge in [0.05, 0.1) is 12.2 Å². The first-order chi connectivity index (χ1) is 8.65. The van der Waals surface area contributed by atoms with E-state index in [0.717, 1.165) is 19.3 Å². The summed E-state index contributed by atoms with van der Waals surface area (Å²) in [5, 5.41) is 18.9. The van der Waals surface area contributed by atoms with Gasteiger partial charge in [0.2, 0.25) is 0 Å². The first-order valence-corrected chi connectivity index (χ1v) is 6.42. The molecule has 18 heavy (non-hydrogen) atoms. The van der Waals surface area contributed by atoms with E-state index in [1.165, 1.54) is 16.0 Å². The Morgan fingerprint density at radius 2 is 1.78 bits per heavy atom. The van der Waals surface area contributed by atoms with Gasteiger partial charge < -0.3 is 15.1 Å². The lowest BCUT2D eigenvalue weighted by molar-refractivity contribution is 0.0572. The highest BCUT2D eigenvalue weighted by Crippen LogP contribution is 2.24. The summed E-state index contributed by atoms with van der Waals surface area (Å²) in [7, 11) is 0. The molecule has 0 aromatic heterocycles. The van der Waals surface area contributed by atoms with E-state index >= 15 is 0 Å². The molecule has 0 bridgehead atoms. The number of aliphatic hydroxyl groups is 2. The molecule has 2 atom stereocenters. The standard InChI is InChI=1S/C14H17NO3/c16-12-7-15(8-13(12)17)14(18)11-5-4-9-2-1-3-10(9)6-11/h4-6,12-13,16-17H,1-3,7-8H2. The molecule has 1 aliphatic heterocycles. The van der Waals surface area contributed by atoms with Crippen molar-refractivity contribution in [3.8, 4) is 0 Å². The molecule has 1 saturated heterocycles. The van der Waals surface area contributed by atoms with Gasteiger partial charge >= 0.3 is 0 Å². The van der Waals surface area contributed by atoms with Gasteiger partial charge in [-0.25, -0.2) is 0 Å². The van der Waals surface area contributed by atoms with Crippen molar-refractivity contribution in [2.45, 2.75) is 31.5 Å². The predicted octanol–water partition coefficient (Wildman–Crippen LogP) is 0.353. The van der Waals surface area contributed by atoms with Gasteiger partial charge in [0.25, 0.3) is 5.91 Å². The number of carbonyl (C=O) groups is 1. The molecule has 0 radical (unpaired) electrons. The molecule has 0 spiro atoms. The molecule has 2 N–H and O–H groups in total. The van der Waals surface area contributed by atoms with Crippen molar-refractivity contribution in [1.82, 2.24) is 4.90 Å². The van der Waals surface area contributed by atoms with E-state index in [0.29, 0.717) is 5.56 Å². The normalized spacial score (nSPS) is 26.4. The van der Waals surface area contributed by atoms with Gasteiger partial charge in [-0.15, -0.1) is 0 Å². The number of amides is 1. The first-order valence-electron chi connectivity index (χ1n) is 6.42. The zero-order chi connectivity index (χ0) is 12.7. The number of likely N-dealkylation sites (tertiary alicyclic amines) is 1. The fourth-order valence-electron chi connectivity index (χ4n) is 2.82. The molecular weight excluding hydrogens is 230 g/mol. The summed E-state index contributed by atoms with van der Waals surface area (Å²) in [5.41, 5.74) is 3.27. The Bertz CT molecular complexity index is 476. The lowest BCUT2D eigenvalue weighted by Crippen LogP contribution is -2.29. The monoisotopic (exact) mass is 247 g/mol. The Labute approximate surface area is 106 Å². The Balaban J connectivity index is 1.81. The Morgan fingerprint density at radius 3 is 2.50 bits per heavy atom. The predicted molar refractivity (Wildman–Crippen MR) is 66.4 cm³/mol.